The van der Waals surface area contributed by atoms with Gasteiger partial charge < -0.3 is 5.73 Å². The highest BCUT2D eigenvalue weighted by Gasteiger charge is 2.23. The molecule has 0 radical (unpaired) electrons. The van der Waals surface area contributed by atoms with E-state index in [2.05, 4.69) is 0 Å². The second-order valence-electron chi connectivity index (χ2n) is 3.19. The molecule has 0 atom stereocenters. The number of rotatable bonds is 4. The first kappa shape index (κ1) is 13.4. The highest BCUT2D eigenvalue weighted by Crippen LogP contribution is 2.21. The minimum Gasteiger partial charge on any atom is -0.329 e. The van der Waals surface area contributed by atoms with Gasteiger partial charge in [0.05, 0.1) is 0 Å². The molecule has 0 aromatic heterocycles. The standard InChI is InChI=1S/C9H12ClFN2O2S/c1-13(5-4-12)16(14,15)9-3-2-7(10)6-8(9)11/h2-3,6H,4-5,12H2,1H3. The van der Waals surface area contributed by atoms with Gasteiger partial charge in [0, 0.05) is 25.2 Å². The fraction of sp³-hybridized carbons (Fsp3) is 0.333. The van der Waals surface area contributed by atoms with E-state index in [1.165, 1.54) is 13.1 Å². The van der Waals surface area contributed by atoms with Crippen LogP contribution in [0, 0.1) is 5.82 Å². The average Bonchev–Trinajstić information content (AvgIpc) is 2.17. The van der Waals surface area contributed by atoms with Gasteiger partial charge in [-0.15, -0.1) is 0 Å². The molecule has 90 valence electrons. The van der Waals surface area contributed by atoms with E-state index in [4.69, 9.17) is 17.3 Å². The number of halogens is 2. The Kier molecular flexibility index (Phi) is 4.26. The predicted octanol–water partition coefficient (Wildman–Crippen LogP) is 1.06. The van der Waals surface area contributed by atoms with Gasteiger partial charge in [0.25, 0.3) is 0 Å². The summed E-state index contributed by atoms with van der Waals surface area (Å²) < 4.78 is 38.1. The van der Waals surface area contributed by atoms with Crippen LogP contribution in [-0.4, -0.2) is 32.9 Å². The third-order valence-corrected chi connectivity index (χ3v) is 4.15. The van der Waals surface area contributed by atoms with Crippen molar-refractivity contribution in [2.75, 3.05) is 20.1 Å². The first-order chi connectivity index (χ1) is 7.39. The quantitative estimate of drug-likeness (QED) is 0.886. The lowest BCUT2D eigenvalue weighted by molar-refractivity contribution is 0.469. The normalized spacial score (nSPS) is 12.1. The molecular weight excluding hydrogens is 255 g/mol. The van der Waals surface area contributed by atoms with Crippen LogP contribution in [0.2, 0.25) is 5.02 Å². The van der Waals surface area contributed by atoms with Crippen molar-refractivity contribution in [3.8, 4) is 0 Å². The maximum absolute atomic E-state index is 13.4. The highest BCUT2D eigenvalue weighted by atomic mass is 35.5. The number of nitrogens with zero attached hydrogens (tertiary/aromatic N) is 1. The summed E-state index contributed by atoms with van der Waals surface area (Å²) in [5.74, 6) is -0.864. The molecule has 0 bridgehead atoms. The molecule has 0 saturated carbocycles. The number of nitrogens with two attached hydrogens (primary N) is 1. The molecule has 0 saturated heterocycles. The number of benzene rings is 1. The van der Waals surface area contributed by atoms with E-state index in [1.54, 1.807) is 0 Å². The van der Waals surface area contributed by atoms with Gasteiger partial charge in [0.15, 0.2) is 0 Å². The summed E-state index contributed by atoms with van der Waals surface area (Å²) in [5, 5.41) is 0.151. The van der Waals surface area contributed by atoms with Crippen molar-refractivity contribution in [2.45, 2.75) is 4.90 Å². The van der Waals surface area contributed by atoms with Crippen LogP contribution in [0.5, 0.6) is 0 Å². The summed E-state index contributed by atoms with van der Waals surface area (Å²) in [5.41, 5.74) is 5.25. The van der Waals surface area contributed by atoms with E-state index >= 15 is 0 Å². The topological polar surface area (TPSA) is 63.4 Å². The molecule has 0 fully saturated rings. The van der Waals surface area contributed by atoms with E-state index < -0.39 is 20.7 Å². The Bertz CT molecular complexity index is 478. The van der Waals surface area contributed by atoms with Crippen LogP contribution in [0.4, 0.5) is 4.39 Å². The van der Waals surface area contributed by atoms with E-state index in [0.717, 1.165) is 16.4 Å². The summed E-state index contributed by atoms with van der Waals surface area (Å²) in [7, 11) is -2.49. The fourth-order valence-electron chi connectivity index (χ4n) is 1.15. The van der Waals surface area contributed by atoms with Crippen LogP contribution < -0.4 is 5.73 Å². The zero-order valence-corrected chi connectivity index (χ0v) is 10.2. The molecule has 4 nitrogen and oxygen atoms in total. The summed E-state index contributed by atoms with van der Waals surface area (Å²) >= 11 is 5.54. The van der Waals surface area contributed by atoms with Crippen LogP contribution in [-0.2, 0) is 10.0 Å². The second kappa shape index (κ2) is 5.09. The van der Waals surface area contributed by atoms with E-state index in [-0.39, 0.29) is 18.1 Å². The Balaban J connectivity index is 3.17. The molecule has 16 heavy (non-hydrogen) atoms. The SMILES string of the molecule is CN(CCN)S(=O)(=O)c1ccc(Cl)cc1F. The lowest BCUT2D eigenvalue weighted by Gasteiger charge is -2.16. The molecule has 0 heterocycles. The van der Waals surface area contributed by atoms with Crippen molar-refractivity contribution < 1.29 is 12.8 Å². The van der Waals surface area contributed by atoms with E-state index in [9.17, 15) is 12.8 Å². The van der Waals surface area contributed by atoms with Crippen LogP contribution >= 0.6 is 11.6 Å². The van der Waals surface area contributed by atoms with Crippen molar-refractivity contribution >= 4 is 21.6 Å². The summed E-state index contributed by atoms with van der Waals surface area (Å²) in [4.78, 5) is -0.396. The molecule has 1 aromatic carbocycles. The summed E-state index contributed by atoms with van der Waals surface area (Å²) in [6, 6.07) is 3.43. The van der Waals surface area contributed by atoms with Gasteiger partial charge in [-0.3, -0.25) is 0 Å². The first-order valence-electron chi connectivity index (χ1n) is 4.51. The van der Waals surface area contributed by atoms with Crippen LogP contribution in [0.15, 0.2) is 23.1 Å². The Morgan fingerprint density at radius 3 is 2.62 bits per heavy atom. The van der Waals surface area contributed by atoms with Gasteiger partial charge in [0.2, 0.25) is 10.0 Å². The Labute approximate surface area is 98.9 Å². The maximum Gasteiger partial charge on any atom is 0.245 e. The Morgan fingerprint density at radius 1 is 1.50 bits per heavy atom. The maximum atomic E-state index is 13.4. The van der Waals surface area contributed by atoms with E-state index in [0.29, 0.717) is 0 Å². The van der Waals surface area contributed by atoms with Crippen LogP contribution in [0.25, 0.3) is 0 Å². The third-order valence-electron chi connectivity index (χ3n) is 2.03. The van der Waals surface area contributed by atoms with Crippen LogP contribution in [0.3, 0.4) is 0 Å². The Morgan fingerprint density at radius 2 is 2.12 bits per heavy atom. The fourth-order valence-corrected chi connectivity index (χ4v) is 2.54. The summed E-state index contributed by atoms with van der Waals surface area (Å²) in [6.45, 7) is 0.301. The Hall–Kier alpha value is -0.690. The zero-order chi connectivity index (χ0) is 12.3. The minimum atomic E-state index is -3.83. The molecule has 0 spiro atoms. The van der Waals surface area contributed by atoms with Gasteiger partial charge in [-0.2, -0.15) is 4.31 Å². The molecule has 1 rings (SSSR count). The minimum absolute atomic E-state index is 0.129. The number of hydrogen-bond acceptors (Lipinski definition) is 3. The first-order valence-corrected chi connectivity index (χ1v) is 6.33. The van der Waals surface area contributed by atoms with Gasteiger partial charge in [0.1, 0.15) is 10.7 Å². The van der Waals surface area contributed by atoms with Crippen LogP contribution in [0.1, 0.15) is 0 Å². The zero-order valence-electron chi connectivity index (χ0n) is 8.65. The third kappa shape index (κ3) is 2.70. The lowest BCUT2D eigenvalue weighted by Crippen LogP contribution is -2.32. The van der Waals surface area contributed by atoms with Gasteiger partial charge in [-0.1, -0.05) is 11.6 Å². The molecule has 0 aliphatic carbocycles. The molecule has 0 unspecified atom stereocenters. The number of sulfonamides is 1. The summed E-state index contributed by atoms with van der Waals surface area (Å²) in [6.07, 6.45) is 0. The van der Waals surface area contributed by atoms with Crippen molar-refractivity contribution in [3.63, 3.8) is 0 Å². The molecular formula is C9H12ClFN2O2S. The monoisotopic (exact) mass is 266 g/mol. The highest BCUT2D eigenvalue weighted by molar-refractivity contribution is 7.89. The molecule has 0 aliphatic heterocycles. The molecule has 1 aromatic rings. The largest absolute Gasteiger partial charge is 0.329 e. The molecule has 7 heteroatoms. The van der Waals surface area contributed by atoms with Crippen molar-refractivity contribution in [3.05, 3.63) is 29.0 Å². The molecule has 0 amide bonds. The van der Waals surface area contributed by atoms with E-state index in [1.807, 2.05) is 0 Å². The molecule has 0 aliphatic rings. The van der Waals surface area contributed by atoms with Gasteiger partial charge in [-0.05, 0) is 18.2 Å². The number of likely N-dealkylation sites (N-methyl/N-ethyl adjacent to an activating group) is 1. The average molecular weight is 267 g/mol. The molecule has 2 N–H and O–H groups in total. The smallest absolute Gasteiger partial charge is 0.245 e. The van der Waals surface area contributed by atoms with Crippen molar-refractivity contribution in [1.82, 2.24) is 4.31 Å². The number of hydrogen-bond donors (Lipinski definition) is 1. The lowest BCUT2D eigenvalue weighted by atomic mass is 10.3. The van der Waals surface area contributed by atoms with Crippen molar-refractivity contribution in [1.29, 1.82) is 0 Å². The predicted molar refractivity (Wildman–Crippen MR) is 60.3 cm³/mol. The second-order valence-corrected chi connectivity index (χ2v) is 5.64. The van der Waals surface area contributed by atoms with Crippen molar-refractivity contribution in [2.24, 2.45) is 5.73 Å². The van der Waals surface area contributed by atoms with Gasteiger partial charge in [-0.25, -0.2) is 12.8 Å². The van der Waals surface area contributed by atoms with Gasteiger partial charge >= 0.3 is 0 Å².